The van der Waals surface area contributed by atoms with Gasteiger partial charge >= 0.3 is 6.18 Å². The standard InChI is InChI=1S/C22H23F3N2O4/c1-21(2,20(29)30)31-18-5-3-4-17(14-18)26-10-12-27(13-11-26)19(28)15-6-8-16(9-7-15)22(23,24)25/h3-9,14H,10-13H2,1-2H3,(H,29,30)/p-1. The average molecular weight is 435 g/mol. The molecule has 0 aromatic heterocycles. The molecule has 0 bridgehead atoms. The van der Waals surface area contributed by atoms with Crippen LogP contribution < -0.4 is 14.7 Å². The molecule has 3 rings (SSSR count). The highest BCUT2D eigenvalue weighted by atomic mass is 19.4. The summed E-state index contributed by atoms with van der Waals surface area (Å²) < 4.78 is 43.6. The first-order valence-corrected chi connectivity index (χ1v) is 9.69. The lowest BCUT2D eigenvalue weighted by Gasteiger charge is -2.36. The van der Waals surface area contributed by atoms with Crippen LogP contribution in [0.2, 0.25) is 0 Å². The van der Waals surface area contributed by atoms with Crippen molar-refractivity contribution in [3.63, 3.8) is 0 Å². The molecule has 2 aromatic rings. The molecule has 1 aliphatic heterocycles. The summed E-state index contributed by atoms with van der Waals surface area (Å²) in [6.07, 6.45) is -4.44. The number of rotatable bonds is 5. The number of halogens is 3. The van der Waals surface area contributed by atoms with E-state index in [1.165, 1.54) is 26.0 Å². The summed E-state index contributed by atoms with van der Waals surface area (Å²) in [5.74, 6) is -1.26. The Morgan fingerprint density at radius 2 is 1.58 bits per heavy atom. The topological polar surface area (TPSA) is 72.9 Å². The first-order valence-electron chi connectivity index (χ1n) is 9.69. The molecule has 0 atom stereocenters. The third-order valence-corrected chi connectivity index (χ3v) is 5.07. The smallest absolute Gasteiger partial charge is 0.416 e. The van der Waals surface area contributed by atoms with Crippen LogP contribution in [0, 0.1) is 0 Å². The second-order valence-electron chi connectivity index (χ2n) is 7.75. The normalized spacial score (nSPS) is 15.0. The molecule has 1 aliphatic rings. The van der Waals surface area contributed by atoms with Crippen LogP contribution >= 0.6 is 0 Å². The molecule has 0 radical (unpaired) electrons. The van der Waals surface area contributed by atoms with Crippen molar-refractivity contribution in [2.75, 3.05) is 31.1 Å². The fourth-order valence-electron chi connectivity index (χ4n) is 3.23. The van der Waals surface area contributed by atoms with E-state index in [4.69, 9.17) is 4.74 Å². The minimum Gasteiger partial charge on any atom is -0.546 e. The van der Waals surface area contributed by atoms with Crippen LogP contribution in [0.15, 0.2) is 48.5 Å². The SMILES string of the molecule is CC(C)(Oc1cccc(N2CCN(C(=O)c3ccc(C(F)(F)F)cc3)CC2)c1)C(=O)[O-]. The van der Waals surface area contributed by atoms with Gasteiger partial charge in [0.1, 0.15) is 11.4 Å². The van der Waals surface area contributed by atoms with E-state index in [1.54, 1.807) is 23.1 Å². The summed E-state index contributed by atoms with van der Waals surface area (Å²) in [6.45, 7) is 4.63. The van der Waals surface area contributed by atoms with Gasteiger partial charge in [-0.15, -0.1) is 0 Å². The van der Waals surface area contributed by atoms with E-state index in [2.05, 4.69) is 0 Å². The Balaban J connectivity index is 1.62. The Labute approximate surface area is 177 Å². The van der Waals surface area contributed by atoms with Gasteiger partial charge in [0.25, 0.3) is 5.91 Å². The predicted molar refractivity (Wildman–Crippen MR) is 106 cm³/mol. The van der Waals surface area contributed by atoms with Crippen molar-refractivity contribution >= 4 is 17.6 Å². The Morgan fingerprint density at radius 3 is 2.13 bits per heavy atom. The summed E-state index contributed by atoms with van der Waals surface area (Å²) in [7, 11) is 0. The minimum absolute atomic E-state index is 0.210. The van der Waals surface area contributed by atoms with Gasteiger partial charge in [0.2, 0.25) is 0 Å². The molecular formula is C22H22F3N2O4-. The molecule has 0 unspecified atom stereocenters. The van der Waals surface area contributed by atoms with Crippen molar-refractivity contribution in [1.82, 2.24) is 4.90 Å². The number of benzene rings is 2. The highest BCUT2D eigenvalue weighted by Gasteiger charge is 2.31. The number of carboxylic acids is 1. The summed E-state index contributed by atoms with van der Waals surface area (Å²) in [5, 5.41) is 11.2. The zero-order chi connectivity index (χ0) is 22.8. The summed E-state index contributed by atoms with van der Waals surface area (Å²) in [4.78, 5) is 27.4. The molecule has 0 N–H and O–H groups in total. The van der Waals surface area contributed by atoms with Crippen molar-refractivity contribution < 1.29 is 32.6 Å². The van der Waals surface area contributed by atoms with Crippen LogP contribution in [-0.4, -0.2) is 48.6 Å². The number of amides is 1. The molecule has 0 aliphatic carbocycles. The molecule has 6 nitrogen and oxygen atoms in total. The largest absolute Gasteiger partial charge is 0.546 e. The number of hydrogen-bond donors (Lipinski definition) is 0. The molecule has 1 heterocycles. The lowest BCUT2D eigenvalue weighted by Crippen LogP contribution is -2.49. The Bertz CT molecular complexity index is 950. The second kappa shape index (κ2) is 8.49. The quantitative estimate of drug-likeness (QED) is 0.722. The van der Waals surface area contributed by atoms with Crippen molar-refractivity contribution in [1.29, 1.82) is 0 Å². The maximum Gasteiger partial charge on any atom is 0.416 e. The fourth-order valence-corrected chi connectivity index (χ4v) is 3.23. The van der Waals surface area contributed by atoms with Crippen LogP contribution in [0.25, 0.3) is 0 Å². The number of carbonyl (C=O) groups is 2. The van der Waals surface area contributed by atoms with Crippen molar-refractivity contribution in [2.45, 2.75) is 25.6 Å². The maximum atomic E-state index is 12.7. The van der Waals surface area contributed by atoms with E-state index in [1.807, 2.05) is 11.0 Å². The number of carbonyl (C=O) groups excluding carboxylic acids is 2. The van der Waals surface area contributed by atoms with Gasteiger partial charge in [-0.3, -0.25) is 4.79 Å². The molecule has 2 aromatic carbocycles. The van der Waals surface area contributed by atoms with Crippen LogP contribution in [-0.2, 0) is 11.0 Å². The summed E-state index contributed by atoms with van der Waals surface area (Å²) >= 11 is 0. The number of anilines is 1. The number of alkyl halides is 3. The molecule has 9 heteroatoms. The molecule has 0 spiro atoms. The van der Waals surface area contributed by atoms with Gasteiger partial charge in [0.05, 0.1) is 11.5 Å². The van der Waals surface area contributed by atoms with Gasteiger partial charge in [-0.25, -0.2) is 0 Å². The van der Waals surface area contributed by atoms with E-state index in [-0.39, 0.29) is 11.5 Å². The Kier molecular flexibility index (Phi) is 6.15. The van der Waals surface area contributed by atoms with Crippen LogP contribution in [0.3, 0.4) is 0 Å². The van der Waals surface area contributed by atoms with E-state index < -0.39 is 23.3 Å². The van der Waals surface area contributed by atoms with Gasteiger partial charge in [-0.05, 0) is 50.2 Å². The summed E-state index contributed by atoms with van der Waals surface area (Å²) in [5.41, 5.74) is -1.25. The van der Waals surface area contributed by atoms with Crippen LogP contribution in [0.5, 0.6) is 5.75 Å². The van der Waals surface area contributed by atoms with Gasteiger partial charge < -0.3 is 24.4 Å². The van der Waals surface area contributed by atoms with Crippen molar-refractivity contribution in [3.8, 4) is 5.75 Å². The highest BCUT2D eigenvalue weighted by molar-refractivity contribution is 5.94. The predicted octanol–water partition coefficient (Wildman–Crippen LogP) is 2.58. The summed E-state index contributed by atoms with van der Waals surface area (Å²) in [6, 6.07) is 11.2. The van der Waals surface area contributed by atoms with Crippen molar-refractivity contribution in [2.24, 2.45) is 0 Å². The average Bonchev–Trinajstić information content (AvgIpc) is 2.72. The zero-order valence-corrected chi connectivity index (χ0v) is 17.1. The first-order chi connectivity index (χ1) is 14.5. The number of aliphatic carboxylic acids is 1. The number of ether oxygens (including phenoxy) is 1. The number of piperazine rings is 1. The molecule has 31 heavy (non-hydrogen) atoms. The zero-order valence-electron chi connectivity index (χ0n) is 17.1. The third kappa shape index (κ3) is 5.28. The molecule has 1 fully saturated rings. The molecule has 1 amide bonds. The Hall–Kier alpha value is -3.23. The molecule has 0 saturated carbocycles. The Morgan fingerprint density at radius 1 is 0.968 bits per heavy atom. The second-order valence-corrected chi connectivity index (χ2v) is 7.75. The molecule has 1 saturated heterocycles. The number of hydrogen-bond acceptors (Lipinski definition) is 5. The van der Waals surface area contributed by atoms with E-state index in [9.17, 15) is 27.9 Å². The minimum atomic E-state index is -4.44. The van der Waals surface area contributed by atoms with Crippen LogP contribution in [0.4, 0.5) is 18.9 Å². The molecular weight excluding hydrogens is 413 g/mol. The third-order valence-electron chi connectivity index (χ3n) is 5.07. The van der Waals surface area contributed by atoms with Gasteiger partial charge in [0.15, 0.2) is 0 Å². The van der Waals surface area contributed by atoms with E-state index >= 15 is 0 Å². The van der Waals surface area contributed by atoms with Crippen molar-refractivity contribution in [3.05, 3.63) is 59.7 Å². The fraction of sp³-hybridized carbons (Fsp3) is 0.364. The lowest BCUT2D eigenvalue weighted by molar-refractivity contribution is -0.320. The highest BCUT2D eigenvalue weighted by Crippen LogP contribution is 2.29. The number of nitrogens with zero attached hydrogens (tertiary/aromatic N) is 2. The lowest BCUT2D eigenvalue weighted by atomic mass is 10.1. The van der Waals surface area contributed by atoms with Gasteiger partial charge in [-0.2, -0.15) is 13.2 Å². The van der Waals surface area contributed by atoms with E-state index in [0.717, 1.165) is 17.8 Å². The van der Waals surface area contributed by atoms with Crippen LogP contribution in [0.1, 0.15) is 29.8 Å². The first kappa shape index (κ1) is 22.5. The molecule has 166 valence electrons. The number of carboxylic acid groups (broad SMARTS) is 1. The monoisotopic (exact) mass is 435 g/mol. The van der Waals surface area contributed by atoms with Gasteiger partial charge in [-0.1, -0.05) is 6.07 Å². The maximum absolute atomic E-state index is 12.7. The van der Waals surface area contributed by atoms with Gasteiger partial charge in [0, 0.05) is 43.5 Å². The van der Waals surface area contributed by atoms with E-state index in [0.29, 0.717) is 31.9 Å².